The van der Waals surface area contributed by atoms with E-state index in [0.29, 0.717) is 25.7 Å². The fraction of sp³-hybridized carbons (Fsp3) is 0.805. The molecule has 292 valence electrons. The van der Waals surface area contributed by atoms with Crippen molar-refractivity contribution < 1.29 is 52.6 Å². The van der Waals surface area contributed by atoms with Crippen LogP contribution >= 0.6 is 0 Å². The van der Waals surface area contributed by atoms with Crippen LogP contribution in [0.1, 0.15) is 85.5 Å². The van der Waals surface area contributed by atoms with Crippen molar-refractivity contribution in [3.63, 3.8) is 0 Å². The molecule has 3 aliphatic carbocycles. The zero-order valence-electron chi connectivity index (χ0n) is 32.1. The zero-order chi connectivity index (χ0) is 37.1. The van der Waals surface area contributed by atoms with Gasteiger partial charge in [-0.15, -0.1) is 0 Å². The van der Waals surface area contributed by atoms with Crippen LogP contribution in [-0.2, 0) is 47.5 Å². The lowest BCUT2D eigenvalue weighted by molar-refractivity contribution is -0.314. The number of hydrogen-bond acceptors (Lipinski definition) is 11. The van der Waals surface area contributed by atoms with Gasteiger partial charge in [-0.1, -0.05) is 38.2 Å². The van der Waals surface area contributed by atoms with E-state index in [4.69, 9.17) is 37.9 Å². The molecule has 17 unspecified atom stereocenters. The van der Waals surface area contributed by atoms with Crippen molar-refractivity contribution >= 4 is 11.8 Å². The van der Waals surface area contributed by atoms with Crippen molar-refractivity contribution in [2.24, 2.45) is 35.5 Å². The molecule has 4 fully saturated rings. The molecule has 1 N–H and O–H groups in total. The number of aliphatic hydroxyl groups is 1. The van der Waals surface area contributed by atoms with E-state index in [0.717, 1.165) is 31.3 Å². The van der Waals surface area contributed by atoms with Gasteiger partial charge in [0.2, 0.25) is 0 Å². The molecule has 1 saturated carbocycles. The highest BCUT2D eigenvalue weighted by atomic mass is 16.7. The average molecular weight is 731 g/mol. The Morgan fingerprint density at radius 1 is 0.865 bits per heavy atom. The molecule has 0 amide bonds. The highest BCUT2D eigenvalue weighted by Crippen LogP contribution is 2.54. The third-order valence-corrected chi connectivity index (χ3v) is 12.7. The van der Waals surface area contributed by atoms with Crippen molar-refractivity contribution in [2.75, 3.05) is 21.3 Å². The second-order valence-electron chi connectivity index (χ2n) is 15.9. The number of Topliss-reactive ketones (excluding diaryl/α,β-unsaturated/α-hetero) is 1. The first-order valence-corrected chi connectivity index (χ1v) is 19.7. The molecule has 0 bridgehead atoms. The van der Waals surface area contributed by atoms with E-state index in [1.54, 1.807) is 21.3 Å². The molecular weight excluding hydrogens is 668 g/mol. The molecule has 0 aromatic rings. The molecule has 6 rings (SSSR count). The van der Waals surface area contributed by atoms with Crippen LogP contribution in [0.3, 0.4) is 0 Å². The van der Waals surface area contributed by atoms with Crippen molar-refractivity contribution in [3.05, 3.63) is 36.0 Å². The van der Waals surface area contributed by atoms with E-state index in [2.05, 4.69) is 25.2 Å². The third-order valence-electron chi connectivity index (χ3n) is 12.7. The van der Waals surface area contributed by atoms with Gasteiger partial charge in [0.1, 0.15) is 24.4 Å². The molecule has 17 atom stereocenters. The largest absolute Gasteiger partial charge is 0.458 e. The Morgan fingerprint density at radius 3 is 2.35 bits per heavy atom. The maximum Gasteiger partial charge on any atom is 0.307 e. The first-order chi connectivity index (χ1) is 25.1. The predicted octanol–water partition coefficient (Wildman–Crippen LogP) is 5.47. The maximum absolute atomic E-state index is 14.6. The molecule has 0 spiro atoms. The first kappa shape index (κ1) is 39.7. The summed E-state index contributed by atoms with van der Waals surface area (Å²) in [6.45, 7) is 7.85. The summed E-state index contributed by atoms with van der Waals surface area (Å²) < 4.78 is 49.0. The molecule has 3 heterocycles. The van der Waals surface area contributed by atoms with E-state index in [-0.39, 0.29) is 90.5 Å². The molecule has 3 aliphatic heterocycles. The second-order valence-corrected chi connectivity index (χ2v) is 15.9. The lowest BCUT2D eigenvalue weighted by atomic mass is 9.70. The van der Waals surface area contributed by atoms with Gasteiger partial charge in [0.15, 0.2) is 18.4 Å². The summed E-state index contributed by atoms with van der Waals surface area (Å²) in [4.78, 5) is 28.2. The normalized spacial score (nSPS) is 45.8. The summed E-state index contributed by atoms with van der Waals surface area (Å²) in [5, 5.41) is 10.2. The lowest BCUT2D eigenvalue weighted by Crippen LogP contribution is -2.59. The minimum atomic E-state index is -0.610. The van der Waals surface area contributed by atoms with Gasteiger partial charge < -0.3 is 43.0 Å². The second kappa shape index (κ2) is 17.7. The number of allylic oxidation sites excluding steroid dienone is 5. The van der Waals surface area contributed by atoms with Crippen LogP contribution in [0.2, 0.25) is 0 Å². The van der Waals surface area contributed by atoms with Gasteiger partial charge in [-0.2, -0.15) is 0 Å². The number of hydrogen-bond donors (Lipinski definition) is 1. The predicted molar refractivity (Wildman–Crippen MR) is 192 cm³/mol. The van der Waals surface area contributed by atoms with Gasteiger partial charge in [0.05, 0.1) is 36.9 Å². The van der Waals surface area contributed by atoms with Crippen molar-refractivity contribution in [1.82, 2.24) is 0 Å². The Hall–Kier alpha value is -1.96. The highest BCUT2D eigenvalue weighted by molar-refractivity contribution is 5.99. The average Bonchev–Trinajstić information content (AvgIpc) is 3.71. The monoisotopic (exact) mass is 730 g/mol. The number of carbonyl (C=O) groups excluding carboxylic acids is 2. The molecule has 0 aromatic heterocycles. The number of methoxy groups -OCH3 is 3. The Balaban J connectivity index is 1.22. The van der Waals surface area contributed by atoms with Gasteiger partial charge in [-0.25, -0.2) is 0 Å². The van der Waals surface area contributed by atoms with Crippen LogP contribution in [0.15, 0.2) is 36.0 Å². The van der Waals surface area contributed by atoms with Crippen LogP contribution in [0.25, 0.3) is 0 Å². The number of fused-ring (bicyclic) bond motifs is 5. The summed E-state index contributed by atoms with van der Waals surface area (Å²) in [7, 11) is 4.94. The minimum Gasteiger partial charge on any atom is -0.458 e. The zero-order valence-corrected chi connectivity index (χ0v) is 32.1. The van der Waals surface area contributed by atoms with Crippen LogP contribution in [0.5, 0.6) is 0 Å². The van der Waals surface area contributed by atoms with E-state index in [1.165, 1.54) is 0 Å². The topological polar surface area (TPSA) is 128 Å². The number of rotatable bonds is 9. The molecule has 3 saturated heterocycles. The van der Waals surface area contributed by atoms with Gasteiger partial charge in [0.25, 0.3) is 0 Å². The van der Waals surface area contributed by atoms with Gasteiger partial charge in [0, 0.05) is 39.6 Å². The number of ketones is 1. The van der Waals surface area contributed by atoms with Crippen LogP contribution in [0, 0.1) is 35.5 Å². The van der Waals surface area contributed by atoms with E-state index in [1.807, 2.05) is 32.9 Å². The van der Waals surface area contributed by atoms with E-state index < -0.39 is 30.7 Å². The Kier molecular flexibility index (Phi) is 13.5. The van der Waals surface area contributed by atoms with Crippen molar-refractivity contribution in [2.45, 2.75) is 153 Å². The summed E-state index contributed by atoms with van der Waals surface area (Å²) in [5.41, 5.74) is 0.717. The molecule has 11 heteroatoms. The Bertz CT molecular complexity index is 1310. The number of aliphatic hydroxyl groups excluding tert-OH is 1. The highest BCUT2D eigenvalue weighted by Gasteiger charge is 2.52. The maximum atomic E-state index is 14.6. The number of ether oxygens (including phenoxy) is 8. The number of cyclic esters (lactones) is 1. The standard InChI is InChI=1S/C41H62O11/c1-8-9-11-26-12-10-13-34(52-36-17-16-33(42)23(3)48-36)22(2)37(44)32-20-30-28(31(32)21-35(43)50-26)15-14-25-18-27(19-29(25)30)51-41-40(47-7)39(46-6)38(45-5)24(4)49-41/h9,11,14-15,20,22-31,33-34,36,38-42H,8,10,12-13,16-19,21H2,1-7H3. The van der Waals surface area contributed by atoms with Crippen LogP contribution in [0.4, 0.5) is 0 Å². The van der Waals surface area contributed by atoms with E-state index >= 15 is 0 Å². The van der Waals surface area contributed by atoms with Crippen LogP contribution in [-0.4, -0.2) is 106 Å². The molecular formula is C41H62O11. The van der Waals surface area contributed by atoms with Gasteiger partial charge >= 0.3 is 5.97 Å². The Morgan fingerprint density at radius 2 is 1.63 bits per heavy atom. The Labute approximate surface area is 309 Å². The molecule has 52 heavy (non-hydrogen) atoms. The van der Waals surface area contributed by atoms with E-state index in [9.17, 15) is 14.7 Å². The summed E-state index contributed by atoms with van der Waals surface area (Å²) in [5.74, 6) is -0.326. The minimum absolute atomic E-state index is 0.00710. The van der Waals surface area contributed by atoms with Gasteiger partial charge in [-0.05, 0) is 94.1 Å². The van der Waals surface area contributed by atoms with Crippen molar-refractivity contribution in [3.8, 4) is 0 Å². The number of carbonyl (C=O) groups is 2. The fourth-order valence-electron chi connectivity index (χ4n) is 9.81. The summed E-state index contributed by atoms with van der Waals surface area (Å²) in [6.07, 6.45) is 12.5. The van der Waals surface area contributed by atoms with Crippen LogP contribution < -0.4 is 0 Å². The SMILES string of the molecule is CCC=CC1CCCC(OC2CCC(O)C(C)O2)C(C)C(=O)C2=CC3C(C=CC4CC(OC5OC(C)C(OC)C(OC)C5OC)CC43)C2CC(=O)O1. The van der Waals surface area contributed by atoms with Gasteiger partial charge in [-0.3, -0.25) is 9.59 Å². The summed E-state index contributed by atoms with van der Waals surface area (Å²) in [6, 6.07) is 0. The molecule has 11 nitrogen and oxygen atoms in total. The smallest absolute Gasteiger partial charge is 0.307 e. The molecule has 6 aliphatic rings. The molecule has 0 aromatic carbocycles. The molecule has 0 radical (unpaired) electrons. The third kappa shape index (κ3) is 8.47. The fourth-order valence-corrected chi connectivity index (χ4v) is 9.81. The summed E-state index contributed by atoms with van der Waals surface area (Å²) >= 11 is 0. The quantitative estimate of drug-likeness (QED) is 0.240. The number of esters is 1. The first-order valence-electron chi connectivity index (χ1n) is 19.7. The lowest BCUT2D eigenvalue weighted by Gasteiger charge is -2.44. The van der Waals surface area contributed by atoms with Crippen molar-refractivity contribution in [1.29, 1.82) is 0 Å².